The third kappa shape index (κ3) is 8.01. The first-order valence-corrected chi connectivity index (χ1v) is 13.8. The number of aryl methyl sites for hydroxylation is 1. The SMILES string of the molecule is CCCCS(=O)(=O)Oc1cccc(NC(=O)Nc2cccc(OS(=O)(=O)c3ccc(C)cc3)c2)c1. The van der Waals surface area contributed by atoms with E-state index < -0.39 is 26.3 Å². The molecule has 3 rings (SSSR count). The predicted molar refractivity (Wildman–Crippen MR) is 134 cm³/mol. The maximum Gasteiger partial charge on any atom is 0.339 e. The van der Waals surface area contributed by atoms with Crippen molar-refractivity contribution in [2.24, 2.45) is 0 Å². The summed E-state index contributed by atoms with van der Waals surface area (Å²) in [6.07, 6.45) is 1.20. The molecule has 3 aromatic rings. The van der Waals surface area contributed by atoms with Gasteiger partial charge in [-0.2, -0.15) is 16.8 Å². The Labute approximate surface area is 205 Å². The second kappa shape index (κ2) is 11.2. The quantitative estimate of drug-likeness (QED) is 0.365. The van der Waals surface area contributed by atoms with Crippen LogP contribution in [0.5, 0.6) is 11.5 Å². The van der Waals surface area contributed by atoms with E-state index in [1.807, 2.05) is 13.8 Å². The minimum Gasteiger partial charge on any atom is -0.382 e. The molecule has 0 aromatic heterocycles. The van der Waals surface area contributed by atoms with Crippen molar-refractivity contribution < 1.29 is 30.0 Å². The highest BCUT2D eigenvalue weighted by Gasteiger charge is 2.17. The summed E-state index contributed by atoms with van der Waals surface area (Å²) in [5.41, 5.74) is 1.50. The van der Waals surface area contributed by atoms with E-state index in [9.17, 15) is 21.6 Å². The standard InChI is InChI=1S/C24H26N2O7S2/c1-3-4-15-34(28,29)32-21-9-5-7-19(16-21)25-24(27)26-20-8-6-10-22(17-20)33-35(30,31)23-13-11-18(2)12-14-23/h5-14,16-17H,3-4,15H2,1-2H3,(H2,25,26,27). The van der Waals surface area contributed by atoms with Crippen LogP contribution in [0.3, 0.4) is 0 Å². The molecule has 0 saturated carbocycles. The number of unbranched alkanes of at least 4 members (excludes halogenated alkanes) is 1. The Kier molecular flexibility index (Phi) is 8.36. The van der Waals surface area contributed by atoms with Gasteiger partial charge in [0.25, 0.3) is 0 Å². The van der Waals surface area contributed by atoms with E-state index in [1.165, 1.54) is 42.5 Å². The zero-order valence-corrected chi connectivity index (χ0v) is 20.9. The van der Waals surface area contributed by atoms with Crippen molar-refractivity contribution in [3.8, 4) is 11.5 Å². The number of rotatable bonds is 10. The molecule has 9 nitrogen and oxygen atoms in total. The first-order valence-electron chi connectivity index (χ1n) is 10.8. The fourth-order valence-corrected chi connectivity index (χ4v) is 4.98. The molecular formula is C24H26N2O7S2. The summed E-state index contributed by atoms with van der Waals surface area (Å²) in [7, 11) is -7.77. The van der Waals surface area contributed by atoms with Gasteiger partial charge in [0.05, 0.1) is 5.75 Å². The molecule has 0 aliphatic carbocycles. The summed E-state index contributed by atoms with van der Waals surface area (Å²) in [5, 5.41) is 5.15. The van der Waals surface area contributed by atoms with Gasteiger partial charge in [-0.15, -0.1) is 0 Å². The smallest absolute Gasteiger partial charge is 0.339 e. The predicted octanol–water partition coefficient (Wildman–Crippen LogP) is 4.92. The van der Waals surface area contributed by atoms with Crippen LogP contribution >= 0.6 is 0 Å². The molecular weight excluding hydrogens is 492 g/mol. The number of amides is 2. The van der Waals surface area contributed by atoms with Crippen molar-refractivity contribution in [3.05, 3.63) is 78.4 Å². The normalized spacial score (nSPS) is 11.5. The molecule has 0 bridgehead atoms. The number of hydrogen-bond acceptors (Lipinski definition) is 7. The number of carbonyl (C=O) groups excluding carboxylic acids is 1. The van der Waals surface area contributed by atoms with E-state index >= 15 is 0 Å². The van der Waals surface area contributed by atoms with Crippen LogP contribution in [0.1, 0.15) is 25.3 Å². The number of anilines is 2. The first kappa shape index (κ1) is 26.0. The summed E-state index contributed by atoms with van der Waals surface area (Å²) < 4.78 is 59.2. The number of nitrogens with one attached hydrogen (secondary N) is 2. The van der Waals surface area contributed by atoms with Gasteiger partial charge in [0.1, 0.15) is 16.4 Å². The second-order valence-electron chi connectivity index (χ2n) is 7.68. The molecule has 0 aliphatic rings. The first-order chi connectivity index (χ1) is 16.6. The molecule has 0 saturated heterocycles. The van der Waals surface area contributed by atoms with Gasteiger partial charge < -0.3 is 19.0 Å². The van der Waals surface area contributed by atoms with Crippen LogP contribution in [-0.2, 0) is 20.2 Å². The van der Waals surface area contributed by atoms with E-state index in [1.54, 1.807) is 30.3 Å². The zero-order valence-electron chi connectivity index (χ0n) is 19.2. The fraction of sp³-hybridized carbons (Fsp3) is 0.208. The Morgan fingerprint density at radius 2 is 1.34 bits per heavy atom. The molecule has 0 aliphatic heterocycles. The summed E-state index contributed by atoms with van der Waals surface area (Å²) >= 11 is 0. The third-order valence-corrected chi connectivity index (χ3v) is 7.17. The van der Waals surface area contributed by atoms with Gasteiger partial charge in [-0.05, 0) is 49.7 Å². The Bertz CT molecular complexity index is 1390. The Morgan fingerprint density at radius 1 is 0.800 bits per heavy atom. The minimum atomic E-state index is -4.04. The molecule has 2 N–H and O–H groups in total. The molecule has 0 fully saturated rings. The summed E-state index contributed by atoms with van der Waals surface area (Å²) in [6, 6.07) is 17.5. The van der Waals surface area contributed by atoms with Crippen LogP contribution in [0.25, 0.3) is 0 Å². The molecule has 0 spiro atoms. The Hall–Kier alpha value is -3.57. The summed E-state index contributed by atoms with van der Waals surface area (Å²) in [5.74, 6) is 0.00587. The lowest BCUT2D eigenvalue weighted by Crippen LogP contribution is -2.19. The van der Waals surface area contributed by atoms with E-state index in [0.717, 1.165) is 5.56 Å². The van der Waals surface area contributed by atoms with Crippen molar-refractivity contribution in [2.75, 3.05) is 16.4 Å². The molecule has 3 aromatic carbocycles. The number of carbonyl (C=O) groups is 1. The highest BCUT2D eigenvalue weighted by molar-refractivity contribution is 7.87. The van der Waals surface area contributed by atoms with Crippen molar-refractivity contribution in [3.63, 3.8) is 0 Å². The van der Waals surface area contributed by atoms with Crippen molar-refractivity contribution in [2.45, 2.75) is 31.6 Å². The van der Waals surface area contributed by atoms with Crippen LogP contribution in [0.15, 0.2) is 77.7 Å². The van der Waals surface area contributed by atoms with Crippen molar-refractivity contribution in [1.82, 2.24) is 0 Å². The van der Waals surface area contributed by atoms with Gasteiger partial charge in [0, 0.05) is 23.5 Å². The largest absolute Gasteiger partial charge is 0.382 e. The molecule has 0 atom stereocenters. The molecule has 0 heterocycles. The van der Waals surface area contributed by atoms with Gasteiger partial charge in [-0.3, -0.25) is 0 Å². The summed E-state index contributed by atoms with van der Waals surface area (Å²) in [4.78, 5) is 12.4. The highest BCUT2D eigenvalue weighted by Crippen LogP contribution is 2.23. The maximum atomic E-state index is 12.5. The molecule has 11 heteroatoms. The summed E-state index contributed by atoms with van der Waals surface area (Å²) in [6.45, 7) is 3.72. The lowest BCUT2D eigenvalue weighted by Gasteiger charge is -2.11. The molecule has 35 heavy (non-hydrogen) atoms. The molecule has 0 radical (unpaired) electrons. The molecule has 2 amide bonds. The average molecular weight is 519 g/mol. The van der Waals surface area contributed by atoms with Crippen LogP contribution in [0, 0.1) is 6.92 Å². The van der Waals surface area contributed by atoms with Crippen LogP contribution < -0.4 is 19.0 Å². The average Bonchev–Trinajstić information content (AvgIpc) is 2.78. The van der Waals surface area contributed by atoms with Gasteiger partial charge in [0.15, 0.2) is 0 Å². The Morgan fingerprint density at radius 3 is 1.89 bits per heavy atom. The number of benzene rings is 3. The van der Waals surface area contributed by atoms with Gasteiger partial charge in [-0.25, -0.2) is 4.79 Å². The molecule has 0 unspecified atom stereocenters. The van der Waals surface area contributed by atoms with E-state index in [-0.39, 0.29) is 27.8 Å². The number of hydrogen-bond donors (Lipinski definition) is 2. The minimum absolute atomic E-state index is 0.0121. The highest BCUT2D eigenvalue weighted by atomic mass is 32.2. The van der Waals surface area contributed by atoms with E-state index in [2.05, 4.69) is 10.6 Å². The fourth-order valence-electron chi connectivity index (χ4n) is 2.93. The van der Waals surface area contributed by atoms with E-state index in [4.69, 9.17) is 8.37 Å². The van der Waals surface area contributed by atoms with Gasteiger partial charge in [-0.1, -0.05) is 43.2 Å². The van der Waals surface area contributed by atoms with Crippen molar-refractivity contribution in [1.29, 1.82) is 0 Å². The van der Waals surface area contributed by atoms with Gasteiger partial charge >= 0.3 is 26.3 Å². The Balaban J connectivity index is 1.64. The van der Waals surface area contributed by atoms with Crippen molar-refractivity contribution >= 4 is 37.6 Å². The molecule has 186 valence electrons. The number of urea groups is 1. The van der Waals surface area contributed by atoms with Crippen LogP contribution in [-0.4, -0.2) is 28.6 Å². The maximum absolute atomic E-state index is 12.5. The van der Waals surface area contributed by atoms with E-state index in [0.29, 0.717) is 18.5 Å². The van der Waals surface area contributed by atoms with Crippen LogP contribution in [0.4, 0.5) is 16.2 Å². The lowest BCUT2D eigenvalue weighted by atomic mass is 10.2. The van der Waals surface area contributed by atoms with Gasteiger partial charge in [0.2, 0.25) is 0 Å². The second-order valence-corrected chi connectivity index (χ2v) is 10.9. The third-order valence-electron chi connectivity index (χ3n) is 4.67. The van der Waals surface area contributed by atoms with Crippen LogP contribution in [0.2, 0.25) is 0 Å². The zero-order chi connectivity index (χ0) is 25.5. The topological polar surface area (TPSA) is 128 Å². The monoisotopic (exact) mass is 518 g/mol. The lowest BCUT2D eigenvalue weighted by molar-refractivity contribution is 0.262.